The van der Waals surface area contributed by atoms with Crippen LogP contribution in [-0.4, -0.2) is 9.97 Å². The lowest BCUT2D eigenvalue weighted by Crippen LogP contribution is -2.47. The van der Waals surface area contributed by atoms with E-state index >= 15 is 0 Å². The largest absolute Gasteiger partial charge is 0.354 e. The Kier molecular flexibility index (Phi) is 4.25. The predicted molar refractivity (Wildman–Crippen MR) is 99.7 cm³/mol. The molecule has 0 aliphatic carbocycles. The molecule has 4 rings (SSSR count). The van der Waals surface area contributed by atoms with Gasteiger partial charge in [0.25, 0.3) is 5.56 Å². The van der Waals surface area contributed by atoms with Crippen molar-refractivity contribution < 1.29 is 14.5 Å². The quantitative estimate of drug-likeness (QED) is 0.586. The second-order valence-electron chi connectivity index (χ2n) is 6.14. The minimum absolute atomic E-state index is 0.0470. The summed E-state index contributed by atoms with van der Waals surface area (Å²) in [5.41, 5.74) is 5.58. The number of aromatic nitrogens is 2. The number of benzene rings is 2. The van der Waals surface area contributed by atoms with Crippen molar-refractivity contribution in [3.05, 3.63) is 88.3 Å². The molecule has 0 saturated heterocycles. The number of nitrogens with zero attached hydrogens (tertiary/aromatic N) is 1. The molecule has 2 heterocycles. The number of quaternary nitrogens is 1. The van der Waals surface area contributed by atoms with Gasteiger partial charge in [-0.15, -0.1) is 0 Å². The topological polar surface area (TPSA) is 73.4 Å². The Morgan fingerprint density at radius 2 is 1.74 bits per heavy atom. The molecule has 2 aromatic heterocycles. The fourth-order valence-electron chi connectivity index (χ4n) is 3.12. The van der Waals surface area contributed by atoms with E-state index < -0.39 is 11.6 Å². The zero-order valence-corrected chi connectivity index (χ0v) is 14.3. The molecule has 2 aromatic carbocycles. The number of halogens is 2. The molecular weight excluding hydrogens is 348 g/mol. The average molecular weight is 364 g/mol. The SMILES string of the molecule is [NH3+]Cc1ccc(-c2nc3cc[nH]c(=O)c3cc2-c2ccccc2)c(F)c1F. The van der Waals surface area contributed by atoms with Crippen LogP contribution in [0.15, 0.2) is 65.6 Å². The van der Waals surface area contributed by atoms with E-state index in [9.17, 15) is 13.6 Å². The summed E-state index contributed by atoms with van der Waals surface area (Å²) < 4.78 is 29.2. The van der Waals surface area contributed by atoms with Gasteiger partial charge in [0, 0.05) is 22.9 Å². The van der Waals surface area contributed by atoms with Gasteiger partial charge in [0.15, 0.2) is 11.6 Å². The molecule has 0 saturated carbocycles. The summed E-state index contributed by atoms with van der Waals surface area (Å²) >= 11 is 0. The van der Waals surface area contributed by atoms with Crippen LogP contribution in [0.1, 0.15) is 5.56 Å². The minimum Gasteiger partial charge on any atom is -0.354 e. The van der Waals surface area contributed by atoms with Gasteiger partial charge in [-0.1, -0.05) is 30.3 Å². The first kappa shape index (κ1) is 17.1. The van der Waals surface area contributed by atoms with Crippen LogP contribution in [0.3, 0.4) is 0 Å². The summed E-state index contributed by atoms with van der Waals surface area (Å²) in [6.45, 7) is 0.148. The van der Waals surface area contributed by atoms with Gasteiger partial charge < -0.3 is 10.7 Å². The van der Waals surface area contributed by atoms with Crippen molar-refractivity contribution in [2.24, 2.45) is 0 Å². The van der Waals surface area contributed by atoms with Crippen molar-refractivity contribution in [1.82, 2.24) is 9.97 Å². The zero-order chi connectivity index (χ0) is 19.0. The van der Waals surface area contributed by atoms with Crippen molar-refractivity contribution in [3.8, 4) is 22.4 Å². The fraction of sp³-hybridized carbons (Fsp3) is 0.0476. The van der Waals surface area contributed by atoms with Gasteiger partial charge in [0.2, 0.25) is 0 Å². The third-order valence-electron chi connectivity index (χ3n) is 4.52. The average Bonchev–Trinajstić information content (AvgIpc) is 2.70. The number of H-pyrrole nitrogens is 1. The van der Waals surface area contributed by atoms with Crippen molar-refractivity contribution in [2.45, 2.75) is 6.54 Å². The summed E-state index contributed by atoms with van der Waals surface area (Å²) in [7, 11) is 0. The maximum atomic E-state index is 14.8. The molecule has 4 nitrogen and oxygen atoms in total. The van der Waals surface area contributed by atoms with Crippen molar-refractivity contribution in [2.75, 3.05) is 0 Å². The van der Waals surface area contributed by atoms with E-state index in [1.54, 1.807) is 12.1 Å². The Balaban J connectivity index is 2.08. The third kappa shape index (κ3) is 2.90. The molecule has 0 atom stereocenters. The zero-order valence-electron chi connectivity index (χ0n) is 14.3. The number of rotatable bonds is 3. The molecule has 0 aliphatic heterocycles. The fourth-order valence-corrected chi connectivity index (χ4v) is 3.12. The summed E-state index contributed by atoms with van der Waals surface area (Å²) in [4.78, 5) is 19.3. The number of nitrogens with one attached hydrogen (secondary N) is 1. The van der Waals surface area contributed by atoms with E-state index in [4.69, 9.17) is 0 Å². The second kappa shape index (κ2) is 6.74. The maximum Gasteiger partial charge on any atom is 0.257 e. The minimum atomic E-state index is -0.968. The molecule has 0 fully saturated rings. The smallest absolute Gasteiger partial charge is 0.257 e. The molecule has 134 valence electrons. The first-order chi connectivity index (χ1) is 13.1. The monoisotopic (exact) mass is 364 g/mol. The number of hydrogen-bond acceptors (Lipinski definition) is 2. The Morgan fingerprint density at radius 3 is 2.48 bits per heavy atom. The predicted octanol–water partition coefficient (Wildman–Crippen LogP) is 3.28. The van der Waals surface area contributed by atoms with Crippen molar-refractivity contribution >= 4 is 10.9 Å². The van der Waals surface area contributed by atoms with Crippen LogP contribution in [0.25, 0.3) is 33.3 Å². The van der Waals surface area contributed by atoms with E-state index in [2.05, 4.69) is 15.7 Å². The van der Waals surface area contributed by atoms with Crippen LogP contribution in [-0.2, 0) is 6.54 Å². The third-order valence-corrected chi connectivity index (χ3v) is 4.52. The Hall–Kier alpha value is -3.38. The molecule has 0 radical (unpaired) electrons. The Morgan fingerprint density at radius 1 is 0.963 bits per heavy atom. The molecule has 0 unspecified atom stereocenters. The molecular formula is C21H16F2N3O+. The van der Waals surface area contributed by atoms with Crippen molar-refractivity contribution in [1.29, 1.82) is 0 Å². The molecule has 0 spiro atoms. The number of pyridine rings is 2. The molecule has 4 aromatic rings. The molecule has 0 bridgehead atoms. The lowest BCUT2D eigenvalue weighted by atomic mass is 9.96. The first-order valence-corrected chi connectivity index (χ1v) is 8.44. The summed E-state index contributed by atoms with van der Waals surface area (Å²) in [6, 6.07) is 15.5. The van der Waals surface area contributed by atoms with Crippen LogP contribution in [0.5, 0.6) is 0 Å². The van der Waals surface area contributed by atoms with Gasteiger partial charge in [0.05, 0.1) is 16.6 Å². The number of fused-ring (bicyclic) bond motifs is 1. The van der Waals surface area contributed by atoms with Crippen LogP contribution >= 0.6 is 0 Å². The van der Waals surface area contributed by atoms with E-state index in [-0.39, 0.29) is 28.9 Å². The van der Waals surface area contributed by atoms with Gasteiger partial charge in [-0.3, -0.25) is 4.79 Å². The number of aromatic amines is 1. The van der Waals surface area contributed by atoms with Gasteiger partial charge in [-0.2, -0.15) is 0 Å². The normalized spacial score (nSPS) is 11.1. The van der Waals surface area contributed by atoms with E-state index in [0.717, 1.165) is 5.56 Å². The van der Waals surface area contributed by atoms with Crippen LogP contribution < -0.4 is 11.3 Å². The summed E-state index contributed by atoms with van der Waals surface area (Å²) in [6.07, 6.45) is 1.48. The van der Waals surface area contributed by atoms with E-state index in [1.165, 1.54) is 18.3 Å². The van der Waals surface area contributed by atoms with Gasteiger partial charge >= 0.3 is 0 Å². The van der Waals surface area contributed by atoms with Gasteiger partial charge in [-0.25, -0.2) is 13.8 Å². The highest BCUT2D eigenvalue weighted by Gasteiger charge is 2.20. The standard InChI is InChI=1S/C21H15F2N3O/c22-18-13(11-24)6-7-14(19(18)23)20-15(12-4-2-1-3-5-12)10-16-17(26-20)8-9-25-21(16)27/h1-10H,11,24H2,(H,25,27)/p+1. The molecule has 6 heteroatoms. The molecule has 27 heavy (non-hydrogen) atoms. The molecule has 4 N–H and O–H groups in total. The molecule has 0 amide bonds. The Bertz CT molecular complexity index is 1200. The maximum absolute atomic E-state index is 14.8. The van der Waals surface area contributed by atoms with Crippen molar-refractivity contribution in [3.63, 3.8) is 0 Å². The van der Waals surface area contributed by atoms with Gasteiger partial charge in [-0.05, 0) is 29.8 Å². The first-order valence-electron chi connectivity index (χ1n) is 8.44. The molecule has 0 aliphatic rings. The number of hydrogen-bond donors (Lipinski definition) is 2. The van der Waals surface area contributed by atoms with Crippen LogP contribution in [0.4, 0.5) is 8.78 Å². The Labute approximate surface area is 153 Å². The highest BCUT2D eigenvalue weighted by Crippen LogP contribution is 2.35. The highest BCUT2D eigenvalue weighted by molar-refractivity contribution is 5.91. The van der Waals surface area contributed by atoms with E-state index in [0.29, 0.717) is 16.5 Å². The van der Waals surface area contributed by atoms with Crippen LogP contribution in [0.2, 0.25) is 0 Å². The van der Waals surface area contributed by atoms with E-state index in [1.807, 2.05) is 30.3 Å². The summed E-state index contributed by atoms with van der Waals surface area (Å²) in [5, 5.41) is 0.385. The highest BCUT2D eigenvalue weighted by atomic mass is 19.2. The lowest BCUT2D eigenvalue weighted by Gasteiger charge is -2.13. The second-order valence-corrected chi connectivity index (χ2v) is 6.14. The summed E-state index contributed by atoms with van der Waals surface area (Å²) in [5.74, 6) is -1.89. The lowest BCUT2D eigenvalue weighted by molar-refractivity contribution is -0.387. The van der Waals surface area contributed by atoms with Crippen LogP contribution in [0, 0.1) is 11.6 Å². The van der Waals surface area contributed by atoms with Gasteiger partial charge in [0.1, 0.15) is 6.54 Å².